The Kier molecular flexibility index (Phi) is 6.69. The van der Waals surface area contributed by atoms with Crippen molar-refractivity contribution in [2.24, 2.45) is 0 Å². The number of thiazole rings is 1. The van der Waals surface area contributed by atoms with E-state index in [9.17, 15) is 13.2 Å². The van der Waals surface area contributed by atoms with Crippen LogP contribution in [-0.4, -0.2) is 44.3 Å². The van der Waals surface area contributed by atoms with Crippen LogP contribution in [0.25, 0.3) is 0 Å². The van der Waals surface area contributed by atoms with Crippen LogP contribution >= 0.6 is 11.3 Å². The SMILES string of the molecule is CCc1nc(CCNS(=O)(=O)c2cccc(C(=O)N(C)CC)c2)cs1. The number of amides is 1. The van der Waals surface area contributed by atoms with Gasteiger partial charge in [-0.3, -0.25) is 4.79 Å². The van der Waals surface area contributed by atoms with Crippen LogP contribution in [0.15, 0.2) is 34.5 Å². The minimum atomic E-state index is -3.66. The summed E-state index contributed by atoms with van der Waals surface area (Å²) in [5, 5.41) is 3.00. The Morgan fingerprint density at radius 2 is 2.08 bits per heavy atom. The van der Waals surface area contributed by atoms with Gasteiger partial charge in [0.25, 0.3) is 5.91 Å². The minimum Gasteiger partial charge on any atom is -0.342 e. The number of rotatable bonds is 8. The smallest absolute Gasteiger partial charge is 0.253 e. The zero-order valence-corrected chi connectivity index (χ0v) is 16.3. The third-order valence-electron chi connectivity index (χ3n) is 3.79. The summed E-state index contributed by atoms with van der Waals surface area (Å²) in [6.45, 7) is 4.72. The first kappa shape index (κ1) is 19.6. The zero-order chi connectivity index (χ0) is 18.4. The third kappa shape index (κ3) is 5.10. The Morgan fingerprint density at radius 1 is 1.32 bits per heavy atom. The number of carbonyl (C=O) groups is 1. The van der Waals surface area contributed by atoms with Crippen LogP contribution in [0.1, 0.15) is 34.9 Å². The Hall–Kier alpha value is -1.77. The number of hydrogen-bond acceptors (Lipinski definition) is 5. The lowest BCUT2D eigenvalue weighted by Crippen LogP contribution is -2.28. The Morgan fingerprint density at radius 3 is 2.72 bits per heavy atom. The van der Waals surface area contributed by atoms with Gasteiger partial charge in [-0.25, -0.2) is 18.1 Å². The number of nitrogens with zero attached hydrogens (tertiary/aromatic N) is 2. The molecule has 6 nitrogen and oxygen atoms in total. The molecule has 1 heterocycles. The molecule has 25 heavy (non-hydrogen) atoms. The fraction of sp³-hybridized carbons (Fsp3) is 0.412. The lowest BCUT2D eigenvalue weighted by atomic mass is 10.2. The van der Waals surface area contributed by atoms with Crippen molar-refractivity contribution in [1.82, 2.24) is 14.6 Å². The average molecular weight is 382 g/mol. The number of carbonyl (C=O) groups excluding carboxylic acids is 1. The van der Waals surface area contributed by atoms with E-state index in [0.29, 0.717) is 18.5 Å². The normalized spacial score (nSPS) is 11.5. The second kappa shape index (κ2) is 8.55. The average Bonchev–Trinajstić information content (AvgIpc) is 3.08. The first-order valence-corrected chi connectivity index (χ1v) is 10.5. The number of aryl methyl sites for hydroxylation is 1. The molecule has 1 amide bonds. The maximum atomic E-state index is 12.4. The second-order valence-electron chi connectivity index (χ2n) is 5.58. The predicted octanol–water partition coefficient (Wildman–Crippen LogP) is 2.32. The molecular weight excluding hydrogens is 358 g/mol. The van der Waals surface area contributed by atoms with Crippen molar-refractivity contribution in [2.75, 3.05) is 20.1 Å². The van der Waals surface area contributed by atoms with E-state index >= 15 is 0 Å². The largest absolute Gasteiger partial charge is 0.342 e. The van der Waals surface area contributed by atoms with Crippen LogP contribution in [0.4, 0.5) is 0 Å². The summed E-state index contributed by atoms with van der Waals surface area (Å²) in [5.41, 5.74) is 1.25. The van der Waals surface area contributed by atoms with E-state index in [1.54, 1.807) is 30.5 Å². The van der Waals surface area contributed by atoms with E-state index in [2.05, 4.69) is 9.71 Å². The molecule has 0 saturated heterocycles. The van der Waals surface area contributed by atoms with Gasteiger partial charge in [-0.2, -0.15) is 0 Å². The van der Waals surface area contributed by atoms with Crippen LogP contribution in [0.2, 0.25) is 0 Å². The van der Waals surface area contributed by atoms with Gasteiger partial charge in [0.2, 0.25) is 10.0 Å². The molecule has 0 bridgehead atoms. The van der Waals surface area contributed by atoms with Gasteiger partial charge in [0.05, 0.1) is 15.6 Å². The van der Waals surface area contributed by atoms with Gasteiger partial charge < -0.3 is 4.90 Å². The van der Waals surface area contributed by atoms with E-state index in [1.165, 1.54) is 17.0 Å². The summed E-state index contributed by atoms with van der Waals surface area (Å²) in [6.07, 6.45) is 1.41. The van der Waals surface area contributed by atoms with Gasteiger partial charge in [-0.05, 0) is 31.5 Å². The number of nitrogens with one attached hydrogen (secondary N) is 1. The highest BCUT2D eigenvalue weighted by Crippen LogP contribution is 2.14. The van der Waals surface area contributed by atoms with Crippen molar-refractivity contribution < 1.29 is 13.2 Å². The third-order valence-corrected chi connectivity index (χ3v) is 6.29. The Bertz CT molecular complexity index is 831. The summed E-state index contributed by atoms with van der Waals surface area (Å²) in [5.74, 6) is -0.200. The second-order valence-corrected chi connectivity index (χ2v) is 8.29. The Labute approximate surface area is 153 Å². The zero-order valence-electron chi connectivity index (χ0n) is 14.7. The van der Waals surface area contributed by atoms with Gasteiger partial charge >= 0.3 is 0 Å². The standard InChI is InChI=1S/C17H23N3O3S2/c1-4-16-19-14(12-24-16)9-10-18-25(22,23)15-8-6-7-13(11-15)17(21)20(3)5-2/h6-8,11-12,18H,4-5,9-10H2,1-3H3. The molecular formula is C17H23N3O3S2. The summed E-state index contributed by atoms with van der Waals surface area (Å²) < 4.78 is 27.5. The summed E-state index contributed by atoms with van der Waals surface area (Å²) >= 11 is 1.58. The molecule has 0 saturated carbocycles. The highest BCUT2D eigenvalue weighted by atomic mass is 32.2. The summed E-state index contributed by atoms with van der Waals surface area (Å²) in [6, 6.07) is 6.10. The van der Waals surface area contributed by atoms with Gasteiger partial charge in [0.15, 0.2) is 0 Å². The van der Waals surface area contributed by atoms with Gasteiger partial charge in [0.1, 0.15) is 0 Å². The quantitative estimate of drug-likeness (QED) is 0.761. The van der Waals surface area contributed by atoms with Crippen LogP contribution < -0.4 is 4.72 Å². The van der Waals surface area contributed by atoms with E-state index in [1.807, 2.05) is 19.2 Å². The molecule has 1 aromatic carbocycles. The van der Waals surface area contributed by atoms with Gasteiger partial charge in [0, 0.05) is 37.5 Å². The summed E-state index contributed by atoms with van der Waals surface area (Å²) in [4.78, 5) is 18.2. The highest BCUT2D eigenvalue weighted by molar-refractivity contribution is 7.89. The van der Waals surface area contributed by atoms with Crippen LogP contribution in [-0.2, 0) is 22.9 Å². The molecule has 8 heteroatoms. The molecule has 0 fully saturated rings. The summed E-state index contributed by atoms with van der Waals surface area (Å²) in [7, 11) is -1.98. The van der Waals surface area contributed by atoms with E-state index in [-0.39, 0.29) is 17.3 Å². The topological polar surface area (TPSA) is 79.4 Å². The van der Waals surface area contributed by atoms with E-state index in [0.717, 1.165) is 17.1 Å². The molecule has 0 aliphatic rings. The van der Waals surface area contributed by atoms with Crippen molar-refractivity contribution in [3.8, 4) is 0 Å². The first-order valence-electron chi connectivity index (χ1n) is 8.15. The lowest BCUT2D eigenvalue weighted by molar-refractivity contribution is 0.0802. The van der Waals surface area contributed by atoms with Gasteiger partial charge in [-0.1, -0.05) is 13.0 Å². The van der Waals surface area contributed by atoms with E-state index in [4.69, 9.17) is 0 Å². The van der Waals surface area contributed by atoms with Crippen molar-refractivity contribution in [1.29, 1.82) is 0 Å². The van der Waals surface area contributed by atoms with Crippen LogP contribution in [0, 0.1) is 0 Å². The molecule has 2 rings (SSSR count). The van der Waals surface area contributed by atoms with Crippen molar-refractivity contribution in [3.05, 3.63) is 45.9 Å². The molecule has 1 N–H and O–H groups in total. The fourth-order valence-corrected chi connectivity index (χ4v) is 4.04. The maximum Gasteiger partial charge on any atom is 0.253 e. The molecule has 1 aromatic heterocycles. The van der Waals surface area contributed by atoms with Crippen LogP contribution in [0.5, 0.6) is 0 Å². The fourth-order valence-electron chi connectivity index (χ4n) is 2.18. The van der Waals surface area contributed by atoms with Gasteiger partial charge in [-0.15, -0.1) is 11.3 Å². The molecule has 2 aromatic rings. The van der Waals surface area contributed by atoms with Crippen molar-refractivity contribution in [3.63, 3.8) is 0 Å². The van der Waals surface area contributed by atoms with Crippen molar-refractivity contribution in [2.45, 2.75) is 31.6 Å². The molecule has 0 aliphatic carbocycles. The molecule has 0 radical (unpaired) electrons. The predicted molar refractivity (Wildman–Crippen MR) is 99.5 cm³/mol. The number of sulfonamides is 1. The molecule has 0 unspecified atom stereocenters. The monoisotopic (exact) mass is 381 g/mol. The Balaban J connectivity index is 2.04. The van der Waals surface area contributed by atoms with Crippen LogP contribution in [0.3, 0.4) is 0 Å². The minimum absolute atomic E-state index is 0.0929. The number of hydrogen-bond donors (Lipinski definition) is 1. The number of benzene rings is 1. The molecule has 0 spiro atoms. The molecule has 136 valence electrons. The molecule has 0 aliphatic heterocycles. The lowest BCUT2D eigenvalue weighted by Gasteiger charge is -2.15. The highest BCUT2D eigenvalue weighted by Gasteiger charge is 2.17. The molecule has 0 atom stereocenters. The maximum absolute atomic E-state index is 12.4. The van der Waals surface area contributed by atoms with Crippen molar-refractivity contribution >= 4 is 27.3 Å². The first-order chi connectivity index (χ1) is 11.9. The van der Waals surface area contributed by atoms with E-state index < -0.39 is 10.0 Å². The number of aromatic nitrogens is 1.